The van der Waals surface area contributed by atoms with Gasteiger partial charge in [-0.2, -0.15) is 0 Å². The van der Waals surface area contributed by atoms with Gasteiger partial charge in [0.15, 0.2) is 0 Å². The summed E-state index contributed by atoms with van der Waals surface area (Å²) in [6.45, 7) is 5.49. The molecule has 1 unspecified atom stereocenters. The van der Waals surface area contributed by atoms with Crippen molar-refractivity contribution in [3.05, 3.63) is 34.9 Å². The Morgan fingerprint density at radius 2 is 1.71 bits per heavy atom. The number of nitrogens with one attached hydrogen (secondary N) is 1. The molecule has 4 rings (SSSR count). The summed E-state index contributed by atoms with van der Waals surface area (Å²) in [4.78, 5) is 31.1. The largest absolute Gasteiger partial charge is 0.339 e. The Labute approximate surface area is 177 Å². The second-order valence-corrected chi connectivity index (χ2v) is 8.10. The van der Waals surface area contributed by atoms with Crippen LogP contribution in [0.2, 0.25) is 5.02 Å². The van der Waals surface area contributed by atoms with Gasteiger partial charge in [0.2, 0.25) is 11.8 Å². The summed E-state index contributed by atoms with van der Waals surface area (Å²) < 4.78 is 0. The first kappa shape index (κ1) is 21.4. The van der Waals surface area contributed by atoms with Crippen LogP contribution in [-0.2, 0) is 9.59 Å². The predicted octanol–water partition coefficient (Wildman–Crippen LogP) is 1.79. The number of nitrogens with zero attached hydrogens (tertiary/aromatic N) is 3. The number of hydrogen-bond donors (Lipinski definition) is 1. The monoisotopic (exact) mass is 426 g/mol. The van der Waals surface area contributed by atoms with E-state index in [-0.39, 0.29) is 36.2 Å². The fourth-order valence-electron chi connectivity index (χ4n) is 4.03. The molecule has 2 aliphatic heterocycles. The van der Waals surface area contributed by atoms with E-state index in [0.717, 1.165) is 43.1 Å². The molecule has 0 bridgehead atoms. The number of carbonyl (C=O) groups excluding carboxylic acids is 2. The lowest BCUT2D eigenvalue weighted by Crippen LogP contribution is -2.55. The van der Waals surface area contributed by atoms with Crippen LogP contribution in [0, 0.1) is 5.92 Å². The van der Waals surface area contributed by atoms with Crippen molar-refractivity contribution in [3.8, 4) is 0 Å². The van der Waals surface area contributed by atoms with Crippen molar-refractivity contribution in [2.75, 3.05) is 52.4 Å². The van der Waals surface area contributed by atoms with Gasteiger partial charge in [0.1, 0.15) is 0 Å². The number of amides is 2. The van der Waals surface area contributed by atoms with Gasteiger partial charge >= 0.3 is 0 Å². The molecule has 2 amide bonds. The van der Waals surface area contributed by atoms with Crippen LogP contribution in [0.4, 0.5) is 0 Å². The van der Waals surface area contributed by atoms with E-state index in [1.165, 1.54) is 0 Å². The highest BCUT2D eigenvalue weighted by Gasteiger charge is 2.35. The van der Waals surface area contributed by atoms with Crippen molar-refractivity contribution in [2.24, 2.45) is 5.92 Å². The molecule has 0 spiro atoms. The second kappa shape index (κ2) is 9.44. The molecule has 1 saturated carbocycles. The fraction of sp³-hybridized carbons (Fsp3) is 0.600. The first-order valence-electron chi connectivity index (χ1n) is 9.89. The van der Waals surface area contributed by atoms with E-state index in [1.54, 1.807) is 0 Å². The average molecular weight is 427 g/mol. The summed E-state index contributed by atoms with van der Waals surface area (Å²) in [5.41, 5.74) is 1.07. The van der Waals surface area contributed by atoms with Crippen molar-refractivity contribution in [1.29, 1.82) is 0 Å². The first-order chi connectivity index (χ1) is 13.1. The third kappa shape index (κ3) is 4.79. The molecule has 3 aliphatic rings. The highest BCUT2D eigenvalue weighted by molar-refractivity contribution is 6.31. The molecule has 154 valence electrons. The number of benzene rings is 1. The van der Waals surface area contributed by atoms with Gasteiger partial charge < -0.3 is 15.1 Å². The first-order valence-corrected chi connectivity index (χ1v) is 10.3. The zero-order chi connectivity index (χ0) is 18.8. The Kier molecular flexibility index (Phi) is 7.20. The van der Waals surface area contributed by atoms with Crippen LogP contribution >= 0.6 is 24.0 Å². The van der Waals surface area contributed by atoms with Gasteiger partial charge in [0, 0.05) is 62.8 Å². The molecule has 1 aromatic rings. The van der Waals surface area contributed by atoms with Crippen molar-refractivity contribution in [3.63, 3.8) is 0 Å². The van der Waals surface area contributed by atoms with Gasteiger partial charge in [-0.1, -0.05) is 29.8 Å². The maximum atomic E-state index is 12.9. The summed E-state index contributed by atoms with van der Waals surface area (Å²) in [7, 11) is 0. The highest BCUT2D eigenvalue weighted by Crippen LogP contribution is 2.31. The van der Waals surface area contributed by atoms with Gasteiger partial charge in [-0.25, -0.2) is 0 Å². The fourth-order valence-corrected chi connectivity index (χ4v) is 4.29. The lowest BCUT2D eigenvalue weighted by molar-refractivity contribution is -0.141. The molecule has 1 aromatic carbocycles. The Morgan fingerprint density at radius 1 is 1.04 bits per heavy atom. The quantitative estimate of drug-likeness (QED) is 0.796. The second-order valence-electron chi connectivity index (χ2n) is 7.69. The van der Waals surface area contributed by atoms with E-state index in [9.17, 15) is 9.59 Å². The molecular formula is C20H28Cl2N4O2. The molecule has 2 heterocycles. The van der Waals surface area contributed by atoms with Gasteiger partial charge in [0.25, 0.3) is 0 Å². The van der Waals surface area contributed by atoms with Gasteiger partial charge in [-0.05, 0) is 24.5 Å². The molecule has 1 aliphatic carbocycles. The average Bonchev–Trinajstić information content (AvgIpc) is 3.54. The summed E-state index contributed by atoms with van der Waals surface area (Å²) in [6, 6.07) is 7.97. The van der Waals surface area contributed by atoms with E-state index < -0.39 is 0 Å². The Balaban J connectivity index is 0.00000225. The zero-order valence-electron chi connectivity index (χ0n) is 16.0. The van der Waals surface area contributed by atoms with Gasteiger partial charge in [0.05, 0.1) is 6.54 Å². The molecule has 3 fully saturated rings. The summed E-state index contributed by atoms with van der Waals surface area (Å²) in [6.07, 6.45) is 2.06. The van der Waals surface area contributed by atoms with E-state index in [2.05, 4.69) is 10.2 Å². The molecule has 8 heteroatoms. The van der Waals surface area contributed by atoms with Gasteiger partial charge in [-0.3, -0.25) is 14.5 Å². The maximum absolute atomic E-state index is 12.9. The van der Waals surface area contributed by atoms with Crippen LogP contribution in [0.15, 0.2) is 24.3 Å². The van der Waals surface area contributed by atoms with Crippen LogP contribution in [0.25, 0.3) is 0 Å². The third-order valence-electron chi connectivity index (χ3n) is 5.83. The minimum Gasteiger partial charge on any atom is -0.339 e. The Bertz CT molecular complexity index is 705. The van der Waals surface area contributed by atoms with Crippen LogP contribution < -0.4 is 5.32 Å². The number of hydrogen-bond acceptors (Lipinski definition) is 4. The SMILES string of the molecule is Cl.O=C(CN1CCNCC1c1ccccc1Cl)N1CCN(C(=O)C2CC2)CC1. The number of piperazine rings is 2. The van der Waals surface area contributed by atoms with Crippen LogP contribution in [-0.4, -0.2) is 78.9 Å². The number of carbonyl (C=O) groups is 2. The van der Waals surface area contributed by atoms with Gasteiger partial charge in [-0.15, -0.1) is 12.4 Å². The molecule has 0 aromatic heterocycles. The van der Waals surface area contributed by atoms with Crippen LogP contribution in [0.1, 0.15) is 24.4 Å². The number of halogens is 2. The summed E-state index contributed by atoms with van der Waals surface area (Å²) >= 11 is 6.40. The maximum Gasteiger partial charge on any atom is 0.236 e. The number of rotatable bonds is 4. The molecular weight excluding hydrogens is 399 g/mol. The van der Waals surface area contributed by atoms with Crippen molar-refractivity contribution < 1.29 is 9.59 Å². The molecule has 1 N–H and O–H groups in total. The van der Waals surface area contributed by atoms with Crippen molar-refractivity contribution in [2.45, 2.75) is 18.9 Å². The smallest absolute Gasteiger partial charge is 0.236 e. The molecule has 28 heavy (non-hydrogen) atoms. The van der Waals surface area contributed by atoms with E-state index in [1.807, 2.05) is 34.1 Å². The standard InChI is InChI=1S/C20H27ClN4O2.ClH/c21-17-4-2-1-3-16(17)18-13-22-7-8-25(18)14-19(26)23-9-11-24(12-10-23)20(27)15-5-6-15;/h1-4,15,18,22H,5-14H2;1H. The molecule has 2 saturated heterocycles. The highest BCUT2D eigenvalue weighted by atomic mass is 35.5. The topological polar surface area (TPSA) is 55.9 Å². The van der Waals surface area contributed by atoms with E-state index in [4.69, 9.17) is 11.6 Å². The van der Waals surface area contributed by atoms with E-state index >= 15 is 0 Å². The summed E-state index contributed by atoms with van der Waals surface area (Å²) in [5.74, 6) is 0.681. The predicted molar refractivity (Wildman–Crippen MR) is 112 cm³/mol. The Morgan fingerprint density at radius 3 is 2.39 bits per heavy atom. The van der Waals surface area contributed by atoms with Crippen LogP contribution in [0.5, 0.6) is 0 Å². The lowest BCUT2D eigenvalue weighted by Gasteiger charge is -2.39. The van der Waals surface area contributed by atoms with Crippen molar-refractivity contribution >= 4 is 35.8 Å². The summed E-state index contributed by atoms with van der Waals surface area (Å²) in [5, 5.41) is 4.15. The normalized spacial score (nSPS) is 23.2. The van der Waals surface area contributed by atoms with Crippen LogP contribution in [0.3, 0.4) is 0 Å². The Hall–Kier alpha value is -1.34. The lowest BCUT2D eigenvalue weighted by atomic mass is 10.0. The molecule has 6 nitrogen and oxygen atoms in total. The van der Waals surface area contributed by atoms with E-state index in [0.29, 0.717) is 32.7 Å². The molecule has 0 radical (unpaired) electrons. The third-order valence-corrected chi connectivity index (χ3v) is 6.17. The minimum absolute atomic E-state index is 0. The minimum atomic E-state index is 0. The zero-order valence-corrected chi connectivity index (χ0v) is 17.6. The van der Waals surface area contributed by atoms with Crippen molar-refractivity contribution in [1.82, 2.24) is 20.0 Å². The molecule has 1 atom stereocenters.